The Kier molecular flexibility index (Phi) is 4.15. The number of quaternary nitrogens is 1. The van der Waals surface area contributed by atoms with Crippen molar-refractivity contribution in [2.75, 3.05) is 20.7 Å². The Morgan fingerprint density at radius 2 is 2.00 bits per heavy atom. The van der Waals surface area contributed by atoms with Crippen LogP contribution in [0.25, 0.3) is 0 Å². The lowest BCUT2D eigenvalue weighted by molar-refractivity contribution is -0.956. The predicted octanol–water partition coefficient (Wildman–Crippen LogP) is 0.205. The Morgan fingerprint density at radius 3 is 2.78 bits per heavy atom. The highest BCUT2D eigenvalue weighted by atomic mass is 79.9. The second-order valence-corrected chi connectivity index (χ2v) is 6.81. The number of halogens is 1. The molecular formula is C19H22BrNO2. The molecule has 4 rings (SSSR count). The molecule has 0 spiro atoms. The summed E-state index contributed by atoms with van der Waals surface area (Å²) in [6.07, 6.45) is 2.08. The highest BCUT2D eigenvalue weighted by Crippen LogP contribution is 2.45. The monoisotopic (exact) mass is 375 g/mol. The molecule has 0 amide bonds. The molecule has 2 heterocycles. The predicted molar refractivity (Wildman–Crippen MR) is 86.0 cm³/mol. The molecule has 0 aliphatic carbocycles. The van der Waals surface area contributed by atoms with Crippen molar-refractivity contribution in [3.8, 4) is 11.5 Å². The van der Waals surface area contributed by atoms with Gasteiger partial charge in [-0.05, 0) is 29.3 Å². The minimum Gasteiger partial charge on any atom is -1.00 e. The molecule has 23 heavy (non-hydrogen) atoms. The van der Waals surface area contributed by atoms with Crippen molar-refractivity contribution in [2.24, 2.45) is 0 Å². The highest BCUT2D eigenvalue weighted by Gasteiger charge is 2.43. The van der Waals surface area contributed by atoms with Crippen LogP contribution in [0.1, 0.15) is 28.3 Å². The van der Waals surface area contributed by atoms with Gasteiger partial charge in [0.2, 0.25) is 0 Å². The summed E-state index contributed by atoms with van der Waals surface area (Å²) in [7, 11) is 4.05. The Hall–Kier alpha value is -1.52. The van der Waals surface area contributed by atoms with Crippen LogP contribution in [-0.4, -0.2) is 30.3 Å². The van der Waals surface area contributed by atoms with Gasteiger partial charge in [-0.3, -0.25) is 0 Å². The zero-order valence-corrected chi connectivity index (χ0v) is 15.1. The molecule has 0 fully saturated rings. The normalized spacial score (nSPS) is 24.7. The summed E-state index contributed by atoms with van der Waals surface area (Å²) in [6.45, 7) is 2.03. The van der Waals surface area contributed by atoms with Gasteiger partial charge in [-0.2, -0.15) is 0 Å². The van der Waals surface area contributed by atoms with Gasteiger partial charge in [0.25, 0.3) is 0 Å². The van der Waals surface area contributed by atoms with Gasteiger partial charge >= 0.3 is 0 Å². The summed E-state index contributed by atoms with van der Waals surface area (Å²) in [4.78, 5) is 0. The lowest BCUT2D eigenvalue weighted by Crippen LogP contribution is -3.00. The molecule has 0 aromatic heterocycles. The lowest BCUT2D eigenvalue weighted by atomic mass is 9.82. The summed E-state index contributed by atoms with van der Waals surface area (Å²) < 4.78 is 6.41. The third-order valence-corrected chi connectivity index (χ3v) is 5.54. The zero-order valence-electron chi connectivity index (χ0n) is 13.6. The van der Waals surface area contributed by atoms with E-state index in [-0.39, 0.29) is 17.0 Å². The fraction of sp³-hybridized carbons (Fsp3) is 0.368. The fourth-order valence-corrected chi connectivity index (χ4v) is 4.19. The Morgan fingerprint density at radius 1 is 1.17 bits per heavy atom. The number of hydrogen-bond acceptors (Lipinski definition) is 2. The van der Waals surface area contributed by atoms with Crippen LogP contribution in [0.5, 0.6) is 11.5 Å². The fourth-order valence-electron chi connectivity index (χ4n) is 4.19. The van der Waals surface area contributed by atoms with E-state index < -0.39 is 0 Å². The summed E-state index contributed by atoms with van der Waals surface area (Å²) >= 11 is 0. The first kappa shape index (κ1) is 16.3. The van der Waals surface area contributed by atoms with Crippen molar-refractivity contribution in [3.05, 3.63) is 58.7 Å². The molecule has 1 N–H and O–H groups in total. The van der Waals surface area contributed by atoms with E-state index in [0.717, 1.165) is 41.7 Å². The summed E-state index contributed by atoms with van der Waals surface area (Å²) in [6, 6.07) is 12.9. The van der Waals surface area contributed by atoms with Crippen molar-refractivity contribution < 1.29 is 31.3 Å². The van der Waals surface area contributed by atoms with Crippen LogP contribution in [-0.2, 0) is 19.4 Å². The molecule has 2 aliphatic heterocycles. The first-order chi connectivity index (χ1) is 10.6. The van der Waals surface area contributed by atoms with Crippen molar-refractivity contribution in [1.82, 2.24) is 0 Å². The van der Waals surface area contributed by atoms with Crippen LogP contribution >= 0.6 is 0 Å². The SMILES string of the molecule is COc1ccc2c(c1)C1Cc3cccc(O)c3C[N+]1(C)CC2.[Br-]. The molecular weight excluding hydrogens is 354 g/mol. The van der Waals surface area contributed by atoms with Gasteiger partial charge in [-0.1, -0.05) is 18.2 Å². The number of benzene rings is 2. The van der Waals surface area contributed by atoms with Crippen molar-refractivity contribution in [2.45, 2.75) is 25.4 Å². The summed E-state index contributed by atoms with van der Waals surface area (Å²) in [5, 5.41) is 10.2. The molecule has 2 unspecified atom stereocenters. The van der Waals surface area contributed by atoms with Gasteiger partial charge in [0, 0.05) is 18.4 Å². The number of ether oxygens (including phenoxy) is 1. The summed E-state index contributed by atoms with van der Waals surface area (Å²) in [5.74, 6) is 1.39. The van der Waals surface area contributed by atoms with Gasteiger partial charge in [0.15, 0.2) is 0 Å². The molecule has 2 aromatic carbocycles. The second-order valence-electron chi connectivity index (χ2n) is 6.81. The standard InChI is InChI=1S/C19H21NO2.BrH/c1-20-9-8-13-6-7-15(22-2)11-16(13)18(20)10-14-4-3-5-19(21)17(14)12-20;/h3-7,11,18H,8-10,12H2,1-2H3;1H. The van der Waals surface area contributed by atoms with E-state index in [9.17, 15) is 5.11 Å². The number of likely N-dealkylation sites (N-methyl/N-ethyl adjacent to an activating group) is 1. The molecule has 0 saturated heterocycles. The number of rotatable bonds is 1. The van der Waals surface area contributed by atoms with E-state index in [4.69, 9.17) is 4.74 Å². The van der Waals surface area contributed by atoms with E-state index in [0.29, 0.717) is 11.8 Å². The van der Waals surface area contributed by atoms with E-state index >= 15 is 0 Å². The van der Waals surface area contributed by atoms with E-state index in [1.54, 1.807) is 7.11 Å². The largest absolute Gasteiger partial charge is 1.00 e. The Labute approximate surface area is 147 Å². The van der Waals surface area contributed by atoms with Gasteiger partial charge < -0.3 is 31.3 Å². The van der Waals surface area contributed by atoms with Crippen LogP contribution in [0.4, 0.5) is 0 Å². The Balaban J connectivity index is 0.00000156. The lowest BCUT2D eigenvalue weighted by Gasteiger charge is -2.48. The highest BCUT2D eigenvalue weighted by molar-refractivity contribution is 5.44. The third-order valence-electron chi connectivity index (χ3n) is 5.54. The average Bonchev–Trinajstić information content (AvgIpc) is 2.53. The molecule has 2 aromatic rings. The first-order valence-corrected chi connectivity index (χ1v) is 7.91. The van der Waals surface area contributed by atoms with Crippen molar-refractivity contribution in [3.63, 3.8) is 0 Å². The molecule has 122 valence electrons. The topological polar surface area (TPSA) is 29.5 Å². The van der Waals surface area contributed by atoms with Crippen LogP contribution in [0, 0.1) is 0 Å². The second kappa shape index (κ2) is 5.84. The molecule has 0 saturated carbocycles. The van der Waals surface area contributed by atoms with Crippen LogP contribution in [0.2, 0.25) is 0 Å². The Bertz CT molecular complexity index is 746. The minimum absolute atomic E-state index is 0. The van der Waals surface area contributed by atoms with E-state index in [1.807, 2.05) is 12.1 Å². The third kappa shape index (κ3) is 2.54. The van der Waals surface area contributed by atoms with Gasteiger partial charge in [-0.15, -0.1) is 0 Å². The molecule has 3 nitrogen and oxygen atoms in total. The number of phenolic OH excluding ortho intramolecular Hbond substituents is 1. The number of hydrogen-bond donors (Lipinski definition) is 1. The summed E-state index contributed by atoms with van der Waals surface area (Å²) in [5.41, 5.74) is 5.29. The number of nitrogens with zero attached hydrogens (tertiary/aromatic N) is 1. The smallest absolute Gasteiger partial charge is 0.124 e. The van der Waals surface area contributed by atoms with Gasteiger partial charge in [0.1, 0.15) is 24.1 Å². The molecule has 0 bridgehead atoms. The number of aromatic hydroxyl groups is 1. The van der Waals surface area contributed by atoms with Crippen LogP contribution in [0.3, 0.4) is 0 Å². The van der Waals surface area contributed by atoms with Crippen LogP contribution < -0.4 is 21.7 Å². The van der Waals surface area contributed by atoms with Crippen molar-refractivity contribution in [1.29, 1.82) is 0 Å². The molecule has 0 radical (unpaired) electrons. The van der Waals surface area contributed by atoms with E-state index in [1.165, 1.54) is 16.7 Å². The maximum atomic E-state index is 10.2. The van der Waals surface area contributed by atoms with Crippen molar-refractivity contribution >= 4 is 0 Å². The first-order valence-electron chi connectivity index (χ1n) is 7.91. The molecule has 4 heteroatoms. The molecule has 2 aliphatic rings. The minimum atomic E-state index is 0. The zero-order chi connectivity index (χ0) is 15.3. The number of methoxy groups -OCH3 is 1. The molecule has 2 atom stereocenters. The van der Waals surface area contributed by atoms with E-state index in [2.05, 4.69) is 31.3 Å². The average molecular weight is 376 g/mol. The maximum absolute atomic E-state index is 10.2. The quantitative estimate of drug-likeness (QED) is 0.721. The van der Waals surface area contributed by atoms with Gasteiger partial charge in [-0.25, -0.2) is 0 Å². The number of phenols is 1. The van der Waals surface area contributed by atoms with Gasteiger partial charge in [0.05, 0.1) is 26.3 Å². The maximum Gasteiger partial charge on any atom is 0.124 e. The number of fused-ring (bicyclic) bond motifs is 4. The van der Waals surface area contributed by atoms with Crippen LogP contribution in [0.15, 0.2) is 36.4 Å².